The fourth-order valence-electron chi connectivity index (χ4n) is 2.01. The van der Waals surface area contributed by atoms with Gasteiger partial charge in [-0.1, -0.05) is 17.7 Å². The van der Waals surface area contributed by atoms with Gasteiger partial charge in [-0.15, -0.1) is 0 Å². The predicted octanol–water partition coefficient (Wildman–Crippen LogP) is 3.60. The molecule has 0 heterocycles. The maximum atomic E-state index is 14.0. The Morgan fingerprint density at radius 2 is 1.80 bits per heavy atom. The molecule has 0 aliphatic heterocycles. The van der Waals surface area contributed by atoms with Crippen LogP contribution in [0.25, 0.3) is 11.1 Å². The number of hydrogen-bond donors (Lipinski definition) is 0. The highest BCUT2D eigenvalue weighted by Crippen LogP contribution is 2.30. The van der Waals surface area contributed by atoms with Crippen LogP contribution in [0.4, 0.5) is 4.39 Å². The Hall–Kier alpha value is -2.36. The van der Waals surface area contributed by atoms with E-state index in [-0.39, 0.29) is 0 Å². The fraction of sp³-hybridized carbons (Fsp3) is 0.188. The van der Waals surface area contributed by atoms with E-state index in [2.05, 4.69) is 0 Å². The molecule has 0 spiro atoms. The standard InChI is InChI=1S/C16H15FO3/c1-10-4-6-12(14(8-10)16(18)20-3)13-9-11(19-2)5-7-15(13)17/h4-9H,1-3H3. The van der Waals surface area contributed by atoms with Crippen molar-refractivity contribution in [2.75, 3.05) is 14.2 Å². The molecule has 3 nitrogen and oxygen atoms in total. The minimum atomic E-state index is -0.495. The molecule has 0 saturated heterocycles. The minimum Gasteiger partial charge on any atom is -0.497 e. The Kier molecular flexibility index (Phi) is 4.03. The molecule has 0 aromatic heterocycles. The molecule has 20 heavy (non-hydrogen) atoms. The van der Waals surface area contributed by atoms with Crippen molar-refractivity contribution >= 4 is 5.97 Å². The molecule has 0 aliphatic rings. The van der Waals surface area contributed by atoms with E-state index in [1.807, 2.05) is 13.0 Å². The van der Waals surface area contributed by atoms with Gasteiger partial charge < -0.3 is 9.47 Å². The average molecular weight is 274 g/mol. The van der Waals surface area contributed by atoms with Crippen molar-refractivity contribution in [1.82, 2.24) is 0 Å². The van der Waals surface area contributed by atoms with Crippen LogP contribution < -0.4 is 4.74 Å². The number of carbonyl (C=O) groups is 1. The maximum Gasteiger partial charge on any atom is 0.338 e. The summed E-state index contributed by atoms with van der Waals surface area (Å²) in [6, 6.07) is 9.62. The Bertz CT molecular complexity index is 650. The number of benzene rings is 2. The molecular formula is C16H15FO3. The van der Waals surface area contributed by atoms with Gasteiger partial charge in [0, 0.05) is 5.56 Å². The molecule has 0 amide bonds. The number of aryl methyl sites for hydroxylation is 1. The normalized spacial score (nSPS) is 10.2. The summed E-state index contributed by atoms with van der Waals surface area (Å²) in [6.07, 6.45) is 0. The lowest BCUT2D eigenvalue weighted by Crippen LogP contribution is -2.04. The lowest BCUT2D eigenvalue weighted by molar-refractivity contribution is 0.0601. The van der Waals surface area contributed by atoms with E-state index in [0.29, 0.717) is 22.4 Å². The highest BCUT2D eigenvalue weighted by Gasteiger charge is 2.16. The SMILES string of the molecule is COC(=O)c1cc(C)ccc1-c1cc(OC)ccc1F. The van der Waals surface area contributed by atoms with Crippen LogP contribution in [0, 0.1) is 12.7 Å². The second-order valence-electron chi connectivity index (χ2n) is 4.39. The zero-order valence-electron chi connectivity index (χ0n) is 11.6. The highest BCUT2D eigenvalue weighted by molar-refractivity contribution is 5.97. The topological polar surface area (TPSA) is 35.5 Å². The number of hydrogen-bond acceptors (Lipinski definition) is 3. The van der Waals surface area contributed by atoms with Crippen molar-refractivity contribution in [3.63, 3.8) is 0 Å². The number of rotatable bonds is 3. The number of ether oxygens (including phenoxy) is 2. The predicted molar refractivity (Wildman–Crippen MR) is 74.5 cm³/mol. The first-order valence-corrected chi connectivity index (χ1v) is 6.09. The molecule has 0 unspecified atom stereocenters. The van der Waals surface area contributed by atoms with Gasteiger partial charge in [0.2, 0.25) is 0 Å². The van der Waals surface area contributed by atoms with Crippen LogP contribution in [0.1, 0.15) is 15.9 Å². The molecule has 0 fully saturated rings. The molecule has 2 aromatic rings. The lowest BCUT2D eigenvalue weighted by atomic mass is 9.97. The Morgan fingerprint density at radius 3 is 2.45 bits per heavy atom. The van der Waals surface area contributed by atoms with Crippen LogP contribution in [-0.2, 0) is 4.74 Å². The van der Waals surface area contributed by atoms with Crippen molar-refractivity contribution in [1.29, 1.82) is 0 Å². The molecular weight excluding hydrogens is 259 g/mol. The quantitative estimate of drug-likeness (QED) is 0.802. The van der Waals surface area contributed by atoms with Crippen LogP contribution in [0.3, 0.4) is 0 Å². The second-order valence-corrected chi connectivity index (χ2v) is 4.39. The molecule has 0 N–H and O–H groups in total. The van der Waals surface area contributed by atoms with Crippen LogP contribution in [0.15, 0.2) is 36.4 Å². The van der Waals surface area contributed by atoms with Crippen molar-refractivity contribution in [2.45, 2.75) is 6.92 Å². The highest BCUT2D eigenvalue weighted by atomic mass is 19.1. The molecule has 104 valence electrons. The number of esters is 1. The first-order chi connectivity index (χ1) is 9.56. The van der Waals surface area contributed by atoms with E-state index in [1.54, 1.807) is 18.2 Å². The summed E-state index contributed by atoms with van der Waals surface area (Å²) < 4.78 is 23.9. The van der Waals surface area contributed by atoms with E-state index in [0.717, 1.165) is 5.56 Å². The van der Waals surface area contributed by atoms with Gasteiger partial charge in [0.1, 0.15) is 11.6 Å². The summed E-state index contributed by atoms with van der Waals surface area (Å²) in [6.45, 7) is 1.86. The van der Waals surface area contributed by atoms with Gasteiger partial charge in [-0.25, -0.2) is 9.18 Å². The van der Waals surface area contributed by atoms with Crippen molar-refractivity contribution in [3.05, 3.63) is 53.3 Å². The van der Waals surface area contributed by atoms with Crippen molar-refractivity contribution < 1.29 is 18.7 Å². The third kappa shape index (κ3) is 2.64. The summed E-state index contributed by atoms with van der Waals surface area (Å²) in [5, 5.41) is 0. The lowest BCUT2D eigenvalue weighted by Gasteiger charge is -2.11. The van der Waals surface area contributed by atoms with E-state index in [4.69, 9.17) is 9.47 Å². The van der Waals surface area contributed by atoms with Crippen LogP contribution >= 0.6 is 0 Å². The zero-order chi connectivity index (χ0) is 14.7. The van der Waals surface area contributed by atoms with Gasteiger partial charge >= 0.3 is 5.97 Å². The van der Waals surface area contributed by atoms with Gasteiger partial charge in [0.15, 0.2) is 0 Å². The van der Waals surface area contributed by atoms with Gasteiger partial charge in [-0.3, -0.25) is 0 Å². The van der Waals surface area contributed by atoms with E-state index in [9.17, 15) is 9.18 Å². The molecule has 2 rings (SSSR count). The first-order valence-electron chi connectivity index (χ1n) is 6.09. The third-order valence-electron chi connectivity index (χ3n) is 3.04. The zero-order valence-corrected chi connectivity index (χ0v) is 11.6. The Morgan fingerprint density at radius 1 is 1.05 bits per heavy atom. The molecule has 0 aliphatic carbocycles. The van der Waals surface area contributed by atoms with E-state index < -0.39 is 11.8 Å². The second kappa shape index (κ2) is 5.74. The summed E-state index contributed by atoms with van der Waals surface area (Å²) in [4.78, 5) is 11.8. The van der Waals surface area contributed by atoms with Crippen molar-refractivity contribution in [3.8, 4) is 16.9 Å². The van der Waals surface area contributed by atoms with Gasteiger partial charge in [0.05, 0.1) is 19.8 Å². The van der Waals surface area contributed by atoms with E-state index in [1.165, 1.54) is 26.4 Å². The fourth-order valence-corrected chi connectivity index (χ4v) is 2.01. The van der Waals surface area contributed by atoms with E-state index >= 15 is 0 Å². The van der Waals surface area contributed by atoms with Crippen LogP contribution in [-0.4, -0.2) is 20.2 Å². The summed E-state index contributed by atoms with van der Waals surface area (Å²) in [5.74, 6) is -0.386. The molecule has 0 atom stereocenters. The summed E-state index contributed by atoms with van der Waals surface area (Å²) in [7, 11) is 2.81. The summed E-state index contributed by atoms with van der Waals surface area (Å²) >= 11 is 0. The summed E-state index contributed by atoms with van der Waals surface area (Å²) in [5.41, 5.74) is 2.03. The van der Waals surface area contributed by atoms with Gasteiger partial charge in [-0.05, 0) is 36.8 Å². The van der Waals surface area contributed by atoms with Crippen LogP contribution in [0.2, 0.25) is 0 Å². The molecule has 0 radical (unpaired) electrons. The molecule has 0 bridgehead atoms. The van der Waals surface area contributed by atoms with Crippen molar-refractivity contribution in [2.24, 2.45) is 0 Å². The number of methoxy groups -OCH3 is 2. The van der Waals surface area contributed by atoms with Gasteiger partial charge in [0.25, 0.3) is 0 Å². The molecule has 2 aromatic carbocycles. The minimum absolute atomic E-state index is 0.310. The average Bonchev–Trinajstić information content (AvgIpc) is 2.47. The third-order valence-corrected chi connectivity index (χ3v) is 3.04. The largest absolute Gasteiger partial charge is 0.497 e. The first kappa shape index (κ1) is 14.1. The van der Waals surface area contributed by atoms with Crippen LogP contribution in [0.5, 0.6) is 5.75 Å². The smallest absolute Gasteiger partial charge is 0.338 e. The molecule has 0 saturated carbocycles. The Balaban J connectivity index is 2.66. The monoisotopic (exact) mass is 274 g/mol. The maximum absolute atomic E-state index is 14.0. The van der Waals surface area contributed by atoms with Gasteiger partial charge in [-0.2, -0.15) is 0 Å². The number of carbonyl (C=O) groups excluding carboxylic acids is 1. The molecule has 4 heteroatoms. The Labute approximate surface area is 117 Å². The number of halogens is 1.